The van der Waals surface area contributed by atoms with Crippen LogP contribution in [-0.4, -0.2) is 29.7 Å². The third-order valence-electron chi connectivity index (χ3n) is 3.20. The molecule has 1 N–H and O–H groups in total. The molecule has 5 nitrogen and oxygen atoms in total. The van der Waals surface area contributed by atoms with Crippen molar-refractivity contribution in [3.8, 4) is 0 Å². The van der Waals surface area contributed by atoms with Crippen molar-refractivity contribution < 1.29 is 10.0 Å². The lowest BCUT2D eigenvalue weighted by Gasteiger charge is -2.33. The van der Waals surface area contributed by atoms with E-state index in [0.717, 1.165) is 19.4 Å². The predicted molar refractivity (Wildman–Crippen MR) is 65.1 cm³/mol. The van der Waals surface area contributed by atoms with Crippen LogP contribution in [0.2, 0.25) is 0 Å². The summed E-state index contributed by atoms with van der Waals surface area (Å²) in [4.78, 5) is 12.6. The molecule has 1 aromatic rings. The van der Waals surface area contributed by atoms with Crippen LogP contribution in [0.25, 0.3) is 0 Å². The third-order valence-corrected chi connectivity index (χ3v) is 3.20. The molecular weight excluding hydrogens is 220 g/mol. The highest BCUT2D eigenvalue weighted by atomic mass is 16.6. The molecular formula is C12H16N2O3. The topological polar surface area (TPSA) is 66.6 Å². The lowest BCUT2D eigenvalue weighted by molar-refractivity contribution is -0.384. The third kappa shape index (κ3) is 2.55. The summed E-state index contributed by atoms with van der Waals surface area (Å²) in [5, 5.41) is 20.1. The van der Waals surface area contributed by atoms with Crippen LogP contribution in [-0.2, 0) is 0 Å². The van der Waals surface area contributed by atoms with Gasteiger partial charge in [0, 0.05) is 25.8 Å². The molecule has 1 atom stereocenters. The van der Waals surface area contributed by atoms with Gasteiger partial charge in [-0.25, -0.2) is 0 Å². The zero-order valence-electron chi connectivity index (χ0n) is 9.58. The van der Waals surface area contributed by atoms with Crippen LogP contribution in [0.15, 0.2) is 24.3 Å². The van der Waals surface area contributed by atoms with Crippen LogP contribution in [0, 0.1) is 16.0 Å². The van der Waals surface area contributed by atoms with Crippen LogP contribution in [0.5, 0.6) is 0 Å². The van der Waals surface area contributed by atoms with E-state index < -0.39 is 0 Å². The summed E-state index contributed by atoms with van der Waals surface area (Å²) in [6, 6.07) is 6.79. The fourth-order valence-corrected chi connectivity index (χ4v) is 2.32. The smallest absolute Gasteiger partial charge is 0.292 e. The highest BCUT2D eigenvalue weighted by molar-refractivity contribution is 5.63. The molecule has 0 unspecified atom stereocenters. The number of anilines is 1. The van der Waals surface area contributed by atoms with Crippen molar-refractivity contribution in [1.82, 2.24) is 0 Å². The number of hydrogen-bond acceptors (Lipinski definition) is 4. The summed E-state index contributed by atoms with van der Waals surface area (Å²) in [5.41, 5.74) is 0.807. The molecule has 17 heavy (non-hydrogen) atoms. The molecule has 0 aliphatic carbocycles. The maximum Gasteiger partial charge on any atom is 0.292 e. The number of benzene rings is 1. The average Bonchev–Trinajstić information content (AvgIpc) is 2.39. The lowest BCUT2D eigenvalue weighted by Crippen LogP contribution is -2.37. The van der Waals surface area contributed by atoms with Crippen LogP contribution < -0.4 is 4.90 Å². The molecule has 1 fully saturated rings. The highest BCUT2D eigenvalue weighted by Crippen LogP contribution is 2.30. The Labute approximate surface area is 99.8 Å². The first-order valence-corrected chi connectivity index (χ1v) is 5.81. The molecule has 0 radical (unpaired) electrons. The summed E-state index contributed by atoms with van der Waals surface area (Å²) in [7, 11) is 0. The minimum Gasteiger partial charge on any atom is -0.396 e. The molecule has 0 saturated carbocycles. The van der Waals surface area contributed by atoms with Crippen molar-refractivity contribution in [3.63, 3.8) is 0 Å². The maximum absolute atomic E-state index is 10.9. The molecule has 0 amide bonds. The first kappa shape index (κ1) is 11.9. The maximum atomic E-state index is 10.9. The zero-order valence-corrected chi connectivity index (χ0v) is 9.58. The van der Waals surface area contributed by atoms with Gasteiger partial charge in [0.2, 0.25) is 0 Å². The first-order valence-electron chi connectivity index (χ1n) is 5.81. The lowest BCUT2D eigenvalue weighted by atomic mass is 9.98. The van der Waals surface area contributed by atoms with E-state index in [4.69, 9.17) is 0 Å². The molecule has 1 aliphatic rings. The number of nitrogens with zero attached hydrogens (tertiary/aromatic N) is 2. The van der Waals surface area contributed by atoms with Crippen molar-refractivity contribution in [2.24, 2.45) is 5.92 Å². The Bertz CT molecular complexity index is 408. The quantitative estimate of drug-likeness (QED) is 0.642. The van der Waals surface area contributed by atoms with Gasteiger partial charge in [-0.15, -0.1) is 0 Å². The normalized spacial score (nSPS) is 20.3. The minimum atomic E-state index is -0.349. The Kier molecular flexibility index (Phi) is 3.58. The number of aliphatic hydroxyl groups excluding tert-OH is 1. The number of aliphatic hydroxyl groups is 1. The standard InChI is InChI=1S/C12H16N2O3/c15-9-10-4-3-7-13(8-10)11-5-1-2-6-12(11)14(16)17/h1-2,5-6,10,15H,3-4,7-9H2/t10-/m0/s1. The largest absolute Gasteiger partial charge is 0.396 e. The van der Waals surface area contributed by atoms with Gasteiger partial charge in [-0.05, 0) is 24.8 Å². The Morgan fingerprint density at radius 3 is 2.94 bits per heavy atom. The number of para-hydroxylation sites is 2. The van der Waals surface area contributed by atoms with E-state index in [2.05, 4.69) is 0 Å². The molecule has 0 bridgehead atoms. The van der Waals surface area contributed by atoms with E-state index in [1.54, 1.807) is 12.1 Å². The SMILES string of the molecule is O=[N+]([O-])c1ccccc1N1CCC[C@H](CO)C1. The number of piperidine rings is 1. The second-order valence-electron chi connectivity index (χ2n) is 4.38. The van der Waals surface area contributed by atoms with Gasteiger partial charge < -0.3 is 10.0 Å². The van der Waals surface area contributed by atoms with Gasteiger partial charge in [-0.1, -0.05) is 12.1 Å². The summed E-state index contributed by atoms with van der Waals surface area (Å²) in [6.07, 6.45) is 1.96. The molecule has 2 rings (SSSR count). The van der Waals surface area contributed by atoms with E-state index in [1.807, 2.05) is 11.0 Å². The Morgan fingerprint density at radius 1 is 1.47 bits per heavy atom. The number of nitro benzene ring substituents is 1. The number of rotatable bonds is 3. The van der Waals surface area contributed by atoms with Gasteiger partial charge in [0.15, 0.2) is 0 Å². The van der Waals surface area contributed by atoms with Crippen molar-refractivity contribution in [1.29, 1.82) is 0 Å². The molecule has 1 heterocycles. The molecule has 0 aromatic heterocycles. The fourth-order valence-electron chi connectivity index (χ4n) is 2.32. The molecule has 0 spiro atoms. The predicted octanol–water partition coefficient (Wildman–Crippen LogP) is 1.80. The summed E-state index contributed by atoms with van der Waals surface area (Å²) in [6.45, 7) is 1.67. The highest BCUT2D eigenvalue weighted by Gasteiger charge is 2.24. The minimum absolute atomic E-state index is 0.145. The van der Waals surface area contributed by atoms with Crippen LogP contribution >= 0.6 is 0 Å². The average molecular weight is 236 g/mol. The first-order chi connectivity index (χ1) is 8.22. The van der Waals surface area contributed by atoms with Gasteiger partial charge in [0.05, 0.1) is 4.92 Å². The van der Waals surface area contributed by atoms with Gasteiger partial charge in [-0.3, -0.25) is 10.1 Å². The van der Waals surface area contributed by atoms with Crippen molar-refractivity contribution in [2.75, 3.05) is 24.6 Å². The molecule has 92 valence electrons. The molecule has 5 heteroatoms. The van der Waals surface area contributed by atoms with Crippen molar-refractivity contribution in [2.45, 2.75) is 12.8 Å². The molecule has 1 saturated heterocycles. The number of hydrogen-bond donors (Lipinski definition) is 1. The van der Waals surface area contributed by atoms with E-state index in [-0.39, 0.29) is 23.1 Å². The Balaban J connectivity index is 2.24. The second kappa shape index (κ2) is 5.14. The number of nitro groups is 1. The second-order valence-corrected chi connectivity index (χ2v) is 4.38. The molecule has 1 aromatic carbocycles. The summed E-state index contributed by atoms with van der Waals surface area (Å²) < 4.78 is 0. The van der Waals surface area contributed by atoms with Gasteiger partial charge in [-0.2, -0.15) is 0 Å². The van der Waals surface area contributed by atoms with Crippen LogP contribution in [0.1, 0.15) is 12.8 Å². The Morgan fingerprint density at radius 2 is 2.24 bits per heavy atom. The van der Waals surface area contributed by atoms with Gasteiger partial charge >= 0.3 is 0 Å². The summed E-state index contributed by atoms with van der Waals surface area (Å²) >= 11 is 0. The van der Waals surface area contributed by atoms with Crippen LogP contribution in [0.4, 0.5) is 11.4 Å². The summed E-state index contributed by atoms with van der Waals surface area (Å²) in [5.74, 6) is 0.226. The van der Waals surface area contributed by atoms with E-state index >= 15 is 0 Å². The molecule has 1 aliphatic heterocycles. The monoisotopic (exact) mass is 236 g/mol. The van der Waals surface area contributed by atoms with Gasteiger partial charge in [0.25, 0.3) is 5.69 Å². The van der Waals surface area contributed by atoms with Crippen molar-refractivity contribution >= 4 is 11.4 Å². The van der Waals surface area contributed by atoms with E-state index in [1.165, 1.54) is 6.07 Å². The van der Waals surface area contributed by atoms with Crippen molar-refractivity contribution in [3.05, 3.63) is 34.4 Å². The van der Waals surface area contributed by atoms with E-state index in [0.29, 0.717) is 12.2 Å². The van der Waals surface area contributed by atoms with E-state index in [9.17, 15) is 15.2 Å². The zero-order chi connectivity index (χ0) is 12.3. The Hall–Kier alpha value is -1.62. The van der Waals surface area contributed by atoms with Gasteiger partial charge in [0.1, 0.15) is 5.69 Å². The fraction of sp³-hybridized carbons (Fsp3) is 0.500. The van der Waals surface area contributed by atoms with Crippen LogP contribution in [0.3, 0.4) is 0 Å².